The van der Waals surface area contributed by atoms with Crippen LogP contribution in [0.25, 0.3) is 0 Å². The number of nitrogen functional groups attached to an aromatic ring is 1. The molecule has 1 heterocycles. The second-order valence-electron chi connectivity index (χ2n) is 3.84. The van der Waals surface area contributed by atoms with E-state index in [2.05, 4.69) is 15.4 Å². The van der Waals surface area contributed by atoms with Crippen molar-refractivity contribution in [3.63, 3.8) is 0 Å². The number of benzene rings is 1. The van der Waals surface area contributed by atoms with Gasteiger partial charge in [0.15, 0.2) is 5.82 Å². The maximum atomic E-state index is 12.8. The molecule has 1 aromatic heterocycles. The van der Waals surface area contributed by atoms with Crippen molar-refractivity contribution in [2.75, 3.05) is 11.1 Å². The molecule has 3 N–H and O–H groups in total. The summed E-state index contributed by atoms with van der Waals surface area (Å²) in [6.45, 7) is 0.282. The standard InChI is InChI=1S/C11H13F2N5/c1-18-6-16-10(17-18)5-15-9-3-2-7(14)4-8(9)11(12)13/h2-4,6,11,15H,5,14H2,1H3. The van der Waals surface area contributed by atoms with Crippen molar-refractivity contribution in [3.8, 4) is 0 Å². The summed E-state index contributed by atoms with van der Waals surface area (Å²) in [5.74, 6) is 0.537. The van der Waals surface area contributed by atoms with Gasteiger partial charge in [-0.25, -0.2) is 13.8 Å². The van der Waals surface area contributed by atoms with E-state index in [0.29, 0.717) is 17.2 Å². The lowest BCUT2D eigenvalue weighted by Gasteiger charge is -2.11. The Hall–Kier alpha value is -2.18. The average Bonchev–Trinajstić information content (AvgIpc) is 2.73. The molecule has 0 spiro atoms. The van der Waals surface area contributed by atoms with Gasteiger partial charge in [0.05, 0.1) is 6.54 Å². The number of rotatable bonds is 4. The molecule has 0 radical (unpaired) electrons. The van der Waals surface area contributed by atoms with E-state index in [-0.39, 0.29) is 12.1 Å². The maximum absolute atomic E-state index is 12.8. The number of aromatic nitrogens is 3. The highest BCUT2D eigenvalue weighted by Crippen LogP contribution is 2.29. The summed E-state index contributed by atoms with van der Waals surface area (Å²) >= 11 is 0. The Morgan fingerprint density at radius 3 is 2.83 bits per heavy atom. The van der Waals surface area contributed by atoms with Crippen molar-refractivity contribution < 1.29 is 8.78 Å². The lowest BCUT2D eigenvalue weighted by molar-refractivity contribution is 0.152. The maximum Gasteiger partial charge on any atom is 0.265 e. The predicted octanol–water partition coefficient (Wildman–Crippen LogP) is 1.95. The molecule has 0 amide bonds. The molecule has 0 fully saturated rings. The van der Waals surface area contributed by atoms with Crippen molar-refractivity contribution >= 4 is 11.4 Å². The molecule has 0 saturated carbocycles. The quantitative estimate of drug-likeness (QED) is 0.817. The zero-order valence-electron chi connectivity index (χ0n) is 9.77. The van der Waals surface area contributed by atoms with Crippen LogP contribution in [-0.2, 0) is 13.6 Å². The first-order valence-corrected chi connectivity index (χ1v) is 5.32. The first-order valence-electron chi connectivity index (χ1n) is 5.32. The van der Waals surface area contributed by atoms with Crippen LogP contribution in [0.4, 0.5) is 20.2 Å². The number of anilines is 2. The minimum absolute atomic E-state index is 0.120. The third kappa shape index (κ3) is 2.73. The van der Waals surface area contributed by atoms with Gasteiger partial charge in [-0.05, 0) is 18.2 Å². The van der Waals surface area contributed by atoms with Crippen molar-refractivity contribution in [1.29, 1.82) is 0 Å². The molecule has 0 aliphatic rings. The summed E-state index contributed by atoms with van der Waals surface area (Å²) in [6.07, 6.45) is -1.03. The van der Waals surface area contributed by atoms with Gasteiger partial charge in [-0.3, -0.25) is 4.68 Å². The molecule has 0 saturated heterocycles. The lowest BCUT2D eigenvalue weighted by atomic mass is 10.1. The summed E-state index contributed by atoms with van der Waals surface area (Å²) in [7, 11) is 1.74. The van der Waals surface area contributed by atoms with E-state index >= 15 is 0 Å². The van der Waals surface area contributed by atoms with E-state index in [1.807, 2.05) is 0 Å². The molecule has 18 heavy (non-hydrogen) atoms. The first kappa shape index (κ1) is 12.3. The van der Waals surface area contributed by atoms with Crippen molar-refractivity contribution in [2.45, 2.75) is 13.0 Å². The van der Waals surface area contributed by atoms with E-state index in [1.165, 1.54) is 12.1 Å². The topological polar surface area (TPSA) is 68.8 Å². The van der Waals surface area contributed by atoms with Crippen LogP contribution in [0, 0.1) is 0 Å². The highest BCUT2D eigenvalue weighted by molar-refractivity contribution is 5.58. The molecule has 0 aliphatic heterocycles. The number of nitrogens with one attached hydrogen (secondary N) is 1. The fraction of sp³-hybridized carbons (Fsp3) is 0.273. The van der Waals surface area contributed by atoms with Gasteiger partial charge in [-0.15, -0.1) is 0 Å². The van der Waals surface area contributed by atoms with Crippen LogP contribution in [0.3, 0.4) is 0 Å². The normalized spacial score (nSPS) is 10.9. The fourth-order valence-corrected chi connectivity index (χ4v) is 1.56. The van der Waals surface area contributed by atoms with Gasteiger partial charge in [-0.1, -0.05) is 0 Å². The molecule has 0 bridgehead atoms. The van der Waals surface area contributed by atoms with E-state index in [1.54, 1.807) is 24.1 Å². The highest BCUT2D eigenvalue weighted by Gasteiger charge is 2.13. The summed E-state index contributed by atoms with van der Waals surface area (Å²) in [4.78, 5) is 4.00. The van der Waals surface area contributed by atoms with Gasteiger partial charge in [0.1, 0.15) is 6.33 Å². The van der Waals surface area contributed by atoms with Gasteiger partial charge >= 0.3 is 0 Å². The van der Waals surface area contributed by atoms with Gasteiger partial charge in [0.25, 0.3) is 6.43 Å². The second-order valence-corrected chi connectivity index (χ2v) is 3.84. The van der Waals surface area contributed by atoms with Crippen molar-refractivity contribution in [2.24, 2.45) is 7.05 Å². The number of nitrogens with two attached hydrogens (primary N) is 1. The molecule has 0 aliphatic carbocycles. The largest absolute Gasteiger partial charge is 0.399 e. The first-order chi connectivity index (χ1) is 8.56. The smallest absolute Gasteiger partial charge is 0.265 e. The Kier molecular flexibility index (Phi) is 3.40. The molecule has 5 nitrogen and oxygen atoms in total. The SMILES string of the molecule is Cn1cnc(CNc2ccc(N)cc2C(F)F)n1. The molecular formula is C11H13F2N5. The van der Waals surface area contributed by atoms with Gasteiger partial charge in [0, 0.05) is 24.0 Å². The molecular weight excluding hydrogens is 240 g/mol. The monoisotopic (exact) mass is 253 g/mol. The van der Waals surface area contributed by atoms with Crippen LogP contribution >= 0.6 is 0 Å². The summed E-state index contributed by atoms with van der Waals surface area (Å²) < 4.78 is 27.2. The molecule has 96 valence electrons. The molecule has 0 unspecified atom stereocenters. The van der Waals surface area contributed by atoms with E-state index in [4.69, 9.17) is 5.73 Å². The highest BCUT2D eigenvalue weighted by atomic mass is 19.3. The van der Waals surface area contributed by atoms with E-state index < -0.39 is 6.43 Å². The molecule has 7 heteroatoms. The Balaban J connectivity index is 2.13. The van der Waals surface area contributed by atoms with Crippen LogP contribution in [-0.4, -0.2) is 14.8 Å². The minimum atomic E-state index is -2.58. The third-order valence-corrected chi connectivity index (χ3v) is 2.39. The molecule has 2 rings (SSSR count). The van der Waals surface area contributed by atoms with Gasteiger partial charge in [0.2, 0.25) is 0 Å². The van der Waals surface area contributed by atoms with Crippen LogP contribution in [0.5, 0.6) is 0 Å². The van der Waals surface area contributed by atoms with Crippen LogP contribution < -0.4 is 11.1 Å². The molecule has 2 aromatic rings. The zero-order chi connectivity index (χ0) is 13.1. The van der Waals surface area contributed by atoms with Crippen LogP contribution in [0.2, 0.25) is 0 Å². The Bertz CT molecular complexity index is 538. The lowest BCUT2D eigenvalue weighted by Crippen LogP contribution is -2.05. The average molecular weight is 253 g/mol. The second kappa shape index (κ2) is 4.99. The summed E-state index contributed by atoms with van der Waals surface area (Å²) in [6, 6.07) is 4.36. The van der Waals surface area contributed by atoms with E-state index in [0.717, 1.165) is 0 Å². The minimum Gasteiger partial charge on any atom is -0.399 e. The number of hydrogen-bond acceptors (Lipinski definition) is 4. The number of aryl methyl sites for hydroxylation is 1. The zero-order valence-corrected chi connectivity index (χ0v) is 9.77. The summed E-state index contributed by atoms with van der Waals surface area (Å²) in [5.41, 5.74) is 6.02. The number of alkyl halides is 2. The molecule has 1 aromatic carbocycles. The van der Waals surface area contributed by atoms with Gasteiger partial charge in [-0.2, -0.15) is 5.10 Å². The number of hydrogen-bond donors (Lipinski definition) is 2. The predicted molar refractivity (Wildman–Crippen MR) is 64.1 cm³/mol. The fourth-order valence-electron chi connectivity index (χ4n) is 1.56. The Morgan fingerprint density at radius 2 is 2.22 bits per heavy atom. The Labute approximate surface area is 103 Å². The van der Waals surface area contributed by atoms with Crippen LogP contribution in [0.1, 0.15) is 17.8 Å². The van der Waals surface area contributed by atoms with Crippen LogP contribution in [0.15, 0.2) is 24.5 Å². The Morgan fingerprint density at radius 1 is 1.44 bits per heavy atom. The number of halogens is 2. The summed E-state index contributed by atoms with van der Waals surface area (Å²) in [5, 5.41) is 6.93. The van der Waals surface area contributed by atoms with Gasteiger partial charge < -0.3 is 11.1 Å². The third-order valence-electron chi connectivity index (χ3n) is 2.39. The van der Waals surface area contributed by atoms with E-state index in [9.17, 15) is 8.78 Å². The van der Waals surface area contributed by atoms with Crippen molar-refractivity contribution in [1.82, 2.24) is 14.8 Å². The molecule has 0 atom stereocenters. The van der Waals surface area contributed by atoms with Crippen molar-refractivity contribution in [3.05, 3.63) is 35.9 Å². The number of nitrogens with zero attached hydrogens (tertiary/aromatic N) is 3.